The van der Waals surface area contributed by atoms with Crippen molar-refractivity contribution in [1.29, 1.82) is 0 Å². The fourth-order valence-corrected chi connectivity index (χ4v) is 11.3. The molecule has 0 saturated heterocycles. The van der Waals surface area contributed by atoms with Crippen molar-refractivity contribution in [3.63, 3.8) is 0 Å². The SMILES string of the molecule is CCOCN(CC(=O)N(CCc1ccccc1)CC(=O)N(CCc1ccccc1)CC(=O)N(CCCCN)CC(=O)N(CCc1ccccc1)CC(=O)N(CCCCN)CC(=O)N(CCCCN)CC(=O)N(CCCCN)CC(=O)NC(CCS)C(=O)O)C(=O)CNCc1ccc2c(c1)OCO2. The van der Waals surface area contributed by atoms with E-state index >= 15 is 14.4 Å². The zero-order chi connectivity index (χ0) is 73.9. The summed E-state index contributed by atoms with van der Waals surface area (Å²) in [5.74, 6) is -5.10. The van der Waals surface area contributed by atoms with Gasteiger partial charge < -0.3 is 92.1 Å². The van der Waals surface area contributed by atoms with Gasteiger partial charge in [0.25, 0.3) is 0 Å². The molecule has 1 unspecified atom stereocenters. The number of fused-ring (bicyclic) bond motifs is 1. The molecule has 560 valence electrons. The maximum atomic E-state index is 15.1. The van der Waals surface area contributed by atoms with Gasteiger partial charge in [0.15, 0.2) is 11.5 Å². The number of carboxylic acids is 1. The molecule has 0 aliphatic carbocycles. The van der Waals surface area contributed by atoms with E-state index < -0.39 is 118 Å². The van der Waals surface area contributed by atoms with Crippen molar-refractivity contribution >= 4 is 71.8 Å². The van der Waals surface area contributed by atoms with Crippen molar-refractivity contribution in [2.24, 2.45) is 22.9 Å². The Morgan fingerprint density at radius 3 is 1.16 bits per heavy atom. The lowest BCUT2D eigenvalue weighted by Gasteiger charge is -2.33. The molecule has 102 heavy (non-hydrogen) atoms. The summed E-state index contributed by atoms with van der Waals surface area (Å²) in [6.45, 7) is -0.311. The van der Waals surface area contributed by atoms with Crippen LogP contribution in [0.25, 0.3) is 0 Å². The van der Waals surface area contributed by atoms with Gasteiger partial charge >= 0.3 is 5.97 Å². The van der Waals surface area contributed by atoms with Gasteiger partial charge in [0.2, 0.25) is 60.0 Å². The summed E-state index contributed by atoms with van der Waals surface area (Å²) in [5, 5.41) is 15.3. The predicted molar refractivity (Wildman–Crippen MR) is 390 cm³/mol. The number of ether oxygens (including phenoxy) is 3. The second-order valence-corrected chi connectivity index (χ2v) is 25.3. The lowest BCUT2D eigenvalue weighted by atomic mass is 10.1. The Morgan fingerprint density at radius 2 is 0.804 bits per heavy atom. The molecule has 0 saturated carbocycles. The quantitative estimate of drug-likeness (QED) is 0.0177. The number of nitrogens with two attached hydrogens (primary N) is 4. The highest BCUT2D eigenvalue weighted by Crippen LogP contribution is 2.32. The first kappa shape index (κ1) is 83.9. The molecule has 0 radical (unpaired) electrons. The van der Waals surface area contributed by atoms with Gasteiger partial charge in [-0.2, -0.15) is 12.6 Å². The van der Waals surface area contributed by atoms with E-state index in [-0.39, 0.29) is 104 Å². The molecule has 4 aromatic rings. The van der Waals surface area contributed by atoms with Crippen LogP contribution in [-0.4, -0.2) is 266 Å². The first-order chi connectivity index (χ1) is 49.4. The summed E-state index contributed by atoms with van der Waals surface area (Å²) >= 11 is 4.12. The number of aliphatic carboxylic acids is 1. The first-order valence-electron chi connectivity index (χ1n) is 35.3. The number of unbranched alkanes of at least 4 members (excludes halogenated alkanes) is 4. The van der Waals surface area contributed by atoms with Crippen LogP contribution in [0.1, 0.15) is 87.0 Å². The number of amides is 9. The van der Waals surface area contributed by atoms with Gasteiger partial charge in [-0.3, -0.25) is 43.2 Å². The molecule has 4 aromatic carbocycles. The third-order valence-corrected chi connectivity index (χ3v) is 17.3. The number of hydrogen-bond donors (Lipinski definition) is 8. The summed E-state index contributed by atoms with van der Waals surface area (Å²) in [6, 6.07) is 32.3. The average molecular weight is 1440 g/mol. The van der Waals surface area contributed by atoms with Gasteiger partial charge in [0.1, 0.15) is 19.3 Å². The molecule has 1 heterocycles. The Labute approximate surface area is 605 Å². The molecule has 1 aliphatic heterocycles. The number of rotatable bonds is 52. The van der Waals surface area contributed by atoms with E-state index in [1.807, 2.05) is 103 Å². The molecule has 29 heteroatoms. The van der Waals surface area contributed by atoms with Crippen LogP contribution < -0.4 is 43.0 Å². The zero-order valence-corrected chi connectivity index (χ0v) is 60.1. The molecule has 1 aliphatic rings. The van der Waals surface area contributed by atoms with Crippen LogP contribution in [0.15, 0.2) is 109 Å². The molecule has 9 amide bonds. The number of hydrogen-bond acceptors (Lipinski definition) is 19. The summed E-state index contributed by atoms with van der Waals surface area (Å²) in [4.78, 5) is 154. The summed E-state index contributed by atoms with van der Waals surface area (Å²) in [7, 11) is 0. The Balaban J connectivity index is 1.42. The molecule has 11 N–H and O–H groups in total. The minimum absolute atomic E-state index is 0.0128. The van der Waals surface area contributed by atoms with Crippen LogP contribution in [0.3, 0.4) is 0 Å². The largest absolute Gasteiger partial charge is 0.480 e. The zero-order valence-electron chi connectivity index (χ0n) is 59.2. The molecule has 0 aromatic heterocycles. The van der Waals surface area contributed by atoms with Crippen LogP contribution in [0.2, 0.25) is 0 Å². The van der Waals surface area contributed by atoms with Crippen LogP contribution >= 0.6 is 12.6 Å². The van der Waals surface area contributed by atoms with Gasteiger partial charge in [-0.25, -0.2) is 4.79 Å². The topological polar surface area (TPSA) is 373 Å². The number of carbonyl (C=O) groups is 10. The second kappa shape index (κ2) is 48.2. The number of carbonyl (C=O) groups excluding carboxylic acids is 9. The first-order valence-corrected chi connectivity index (χ1v) is 36.0. The van der Waals surface area contributed by atoms with Crippen LogP contribution in [-0.2, 0) is 78.5 Å². The number of thiol groups is 1. The predicted octanol–water partition coefficient (Wildman–Crippen LogP) is 1.70. The van der Waals surface area contributed by atoms with Crippen LogP contribution in [0.4, 0.5) is 0 Å². The Morgan fingerprint density at radius 1 is 0.451 bits per heavy atom. The lowest BCUT2D eigenvalue weighted by molar-refractivity contribution is -0.149. The summed E-state index contributed by atoms with van der Waals surface area (Å²) < 4.78 is 16.7. The molecule has 1 atom stereocenters. The van der Waals surface area contributed by atoms with E-state index in [4.69, 9.17) is 37.1 Å². The summed E-state index contributed by atoms with van der Waals surface area (Å²) in [6.07, 6.45) is 4.55. The maximum Gasteiger partial charge on any atom is 0.326 e. The van der Waals surface area contributed by atoms with Gasteiger partial charge in [0, 0.05) is 59.0 Å². The maximum absolute atomic E-state index is 15.1. The van der Waals surface area contributed by atoms with Crippen molar-refractivity contribution < 1.29 is 67.3 Å². The fourth-order valence-electron chi connectivity index (χ4n) is 11.1. The number of carboxylic acid groups (broad SMARTS) is 1. The number of benzene rings is 4. The van der Waals surface area contributed by atoms with E-state index in [1.54, 1.807) is 13.0 Å². The molecule has 0 spiro atoms. The van der Waals surface area contributed by atoms with Gasteiger partial charge in [-0.1, -0.05) is 97.1 Å². The smallest absolute Gasteiger partial charge is 0.326 e. The molecule has 0 fully saturated rings. The Bertz CT molecular complexity index is 3220. The molecule has 5 rings (SSSR count). The van der Waals surface area contributed by atoms with Crippen LogP contribution in [0, 0.1) is 0 Å². The van der Waals surface area contributed by atoms with E-state index in [0.717, 1.165) is 22.3 Å². The average Bonchev–Trinajstić information content (AvgIpc) is 1.28. The third kappa shape index (κ3) is 31.3. The summed E-state index contributed by atoms with van der Waals surface area (Å²) in [5.41, 5.74) is 27.0. The lowest BCUT2D eigenvalue weighted by Crippen LogP contribution is -2.53. The Kier molecular flexibility index (Phi) is 39.7. The molecular formula is C73H108N14O14S. The van der Waals surface area contributed by atoms with E-state index in [2.05, 4.69) is 23.3 Å². The highest BCUT2D eigenvalue weighted by Gasteiger charge is 2.32. The molecule has 28 nitrogen and oxygen atoms in total. The van der Waals surface area contributed by atoms with Crippen LogP contribution in [0.5, 0.6) is 11.5 Å². The Hall–Kier alpha value is -8.71. The number of nitrogens with zero attached hydrogens (tertiary/aromatic N) is 8. The standard InChI is InChI=1S/C73H108N14O14S/c1-2-99-55-87(65(89)46-78-45-60-26-27-62-63(44-60)101-56-100-62)54-72(96)86(42-30-59-24-10-5-11-25-59)53-71(95)85(41-29-58-22-8-4-9-23-58)52-69(93)83(39-19-15-35-77)50-70(94)84(40-28-57-20-6-3-7-21-57)51-68(92)82(38-18-14-34-76)49-67(91)81(37-17-13-33-75)48-66(90)80(36-16-12-32-74)47-64(88)79-61(31-43-102)73(97)98/h3-11,20-27,44,61,78,102H,2,12-19,28-43,45-56,74-77H2,1H3,(H,79,88)(H,97,98). The number of nitrogens with one attached hydrogen (secondary N) is 2. The highest BCUT2D eigenvalue weighted by atomic mass is 32.1. The normalized spacial score (nSPS) is 11.7. The van der Waals surface area contributed by atoms with E-state index in [9.17, 15) is 38.7 Å². The highest BCUT2D eigenvalue weighted by molar-refractivity contribution is 7.80. The van der Waals surface area contributed by atoms with Gasteiger partial charge in [-0.05, 0) is 150 Å². The van der Waals surface area contributed by atoms with Crippen molar-refractivity contribution in [3.8, 4) is 11.5 Å². The monoisotopic (exact) mass is 1440 g/mol. The fraction of sp³-hybridized carbons (Fsp3) is 0.534. The second-order valence-electron chi connectivity index (χ2n) is 24.9. The van der Waals surface area contributed by atoms with E-state index in [0.29, 0.717) is 95.2 Å². The van der Waals surface area contributed by atoms with Crippen molar-refractivity contribution in [2.75, 3.05) is 157 Å². The third-order valence-electron chi connectivity index (χ3n) is 17.1. The van der Waals surface area contributed by atoms with Gasteiger partial charge in [0.05, 0.1) is 52.4 Å². The molecule has 0 bridgehead atoms. The molecular weight excluding hydrogens is 1330 g/mol. The van der Waals surface area contributed by atoms with E-state index in [1.165, 1.54) is 39.2 Å². The minimum atomic E-state index is -1.26. The minimum Gasteiger partial charge on any atom is -0.480 e. The van der Waals surface area contributed by atoms with Crippen molar-refractivity contribution in [1.82, 2.24) is 49.8 Å². The van der Waals surface area contributed by atoms with Crippen molar-refractivity contribution in [2.45, 2.75) is 96.6 Å². The van der Waals surface area contributed by atoms with Crippen molar-refractivity contribution in [3.05, 3.63) is 131 Å². The van der Waals surface area contributed by atoms with Gasteiger partial charge in [-0.15, -0.1) is 0 Å².